The summed E-state index contributed by atoms with van der Waals surface area (Å²) in [5.74, 6) is 0. The molecule has 0 aliphatic carbocycles. The number of nitrogens with zero attached hydrogens (tertiary/aromatic N) is 2. The van der Waals surface area contributed by atoms with E-state index in [4.69, 9.17) is 0 Å². The lowest BCUT2D eigenvalue weighted by Gasteiger charge is -2.13. The number of para-hydroxylation sites is 4. The van der Waals surface area contributed by atoms with E-state index < -0.39 is 0 Å². The predicted molar refractivity (Wildman–Crippen MR) is 201 cm³/mol. The minimum absolute atomic E-state index is 1.18. The van der Waals surface area contributed by atoms with E-state index >= 15 is 0 Å². The SMILES string of the molecule is c1ccc(-n2c3ccccc3c3cc(-c4ccc5c(c4)c4ccccc4n5-c4ccccc4-c4cc5ccccc5s4)ccc32)cc1. The highest BCUT2D eigenvalue weighted by Crippen LogP contribution is 2.41. The van der Waals surface area contributed by atoms with Crippen molar-refractivity contribution in [2.45, 2.75) is 0 Å². The Kier molecular flexibility index (Phi) is 5.78. The van der Waals surface area contributed by atoms with Gasteiger partial charge >= 0.3 is 0 Å². The van der Waals surface area contributed by atoms with E-state index in [0.717, 1.165) is 0 Å². The fourth-order valence-corrected chi connectivity index (χ4v) is 8.51. The Morgan fingerprint density at radius 1 is 0.383 bits per heavy atom. The van der Waals surface area contributed by atoms with Gasteiger partial charge in [-0.25, -0.2) is 0 Å². The lowest BCUT2D eigenvalue weighted by atomic mass is 10.0. The summed E-state index contributed by atoms with van der Waals surface area (Å²) in [6, 6.07) is 61.9. The lowest BCUT2D eigenvalue weighted by Crippen LogP contribution is -1.96. The topological polar surface area (TPSA) is 9.86 Å². The maximum absolute atomic E-state index is 2.45. The molecule has 0 bridgehead atoms. The summed E-state index contributed by atoms with van der Waals surface area (Å²) in [6.45, 7) is 0. The van der Waals surface area contributed by atoms with Gasteiger partial charge in [-0.3, -0.25) is 0 Å². The van der Waals surface area contributed by atoms with E-state index in [2.05, 4.69) is 179 Å². The van der Waals surface area contributed by atoms with E-state index in [1.54, 1.807) is 0 Å². The zero-order chi connectivity index (χ0) is 30.9. The standard InChI is InChI=1S/C44H28N2S/c1-2-13-32(14-3-1)45-38-18-8-5-15-33(38)36-26-29(22-24-41(36)45)30-23-25-42-37(27-30)34-16-6-9-19-39(34)46(42)40-20-10-7-17-35(40)44-28-31-12-4-11-21-43(31)47-44/h1-28H. The normalized spacial score (nSPS) is 11.8. The van der Waals surface area contributed by atoms with Crippen molar-refractivity contribution >= 4 is 65.0 Å². The third kappa shape index (κ3) is 4.04. The molecule has 0 atom stereocenters. The number of hydrogen-bond donors (Lipinski definition) is 0. The molecule has 0 saturated carbocycles. The van der Waals surface area contributed by atoms with Crippen LogP contribution >= 0.6 is 11.3 Å². The van der Waals surface area contributed by atoms with Crippen molar-refractivity contribution in [3.05, 3.63) is 170 Å². The van der Waals surface area contributed by atoms with E-state index in [9.17, 15) is 0 Å². The molecule has 0 fully saturated rings. The second-order valence-electron chi connectivity index (χ2n) is 12.2. The summed E-state index contributed by atoms with van der Waals surface area (Å²) in [6.07, 6.45) is 0. The van der Waals surface area contributed by atoms with Crippen LogP contribution in [-0.4, -0.2) is 9.13 Å². The summed E-state index contributed by atoms with van der Waals surface area (Å²) in [7, 11) is 0. The summed E-state index contributed by atoms with van der Waals surface area (Å²) in [5.41, 5.74) is 10.9. The summed E-state index contributed by atoms with van der Waals surface area (Å²) in [5, 5.41) is 6.34. The quantitative estimate of drug-likeness (QED) is 0.186. The molecule has 0 N–H and O–H groups in total. The monoisotopic (exact) mass is 616 g/mol. The molecule has 7 aromatic carbocycles. The van der Waals surface area contributed by atoms with Crippen molar-refractivity contribution in [1.82, 2.24) is 9.13 Å². The first-order valence-electron chi connectivity index (χ1n) is 16.0. The van der Waals surface area contributed by atoms with Gasteiger partial charge in [0.2, 0.25) is 0 Å². The second kappa shape index (κ2) is 10.3. The number of thiophene rings is 1. The Hall–Kier alpha value is -5.90. The van der Waals surface area contributed by atoms with Gasteiger partial charge < -0.3 is 9.13 Å². The summed E-state index contributed by atoms with van der Waals surface area (Å²) in [4.78, 5) is 1.28. The van der Waals surface area contributed by atoms with E-state index in [-0.39, 0.29) is 0 Å². The van der Waals surface area contributed by atoms with Crippen LogP contribution in [0.4, 0.5) is 0 Å². The molecule has 220 valence electrons. The molecule has 0 aliphatic heterocycles. The Bertz CT molecular complexity index is 2760. The molecular weight excluding hydrogens is 589 g/mol. The average Bonchev–Trinajstić information content (AvgIpc) is 3.82. The van der Waals surface area contributed by atoms with Gasteiger partial charge in [0.15, 0.2) is 0 Å². The number of hydrogen-bond acceptors (Lipinski definition) is 1. The van der Waals surface area contributed by atoms with Gasteiger partial charge in [0, 0.05) is 42.4 Å². The first-order valence-corrected chi connectivity index (χ1v) is 16.8. The van der Waals surface area contributed by atoms with Gasteiger partial charge in [-0.2, -0.15) is 0 Å². The van der Waals surface area contributed by atoms with Crippen molar-refractivity contribution < 1.29 is 0 Å². The van der Waals surface area contributed by atoms with E-state index in [1.165, 1.54) is 86.6 Å². The van der Waals surface area contributed by atoms with Gasteiger partial charge in [0.1, 0.15) is 0 Å². The Labute approximate surface area is 276 Å². The zero-order valence-electron chi connectivity index (χ0n) is 25.5. The van der Waals surface area contributed by atoms with Crippen molar-refractivity contribution in [2.24, 2.45) is 0 Å². The van der Waals surface area contributed by atoms with Crippen LogP contribution < -0.4 is 0 Å². The van der Waals surface area contributed by atoms with Crippen LogP contribution in [0.5, 0.6) is 0 Å². The molecule has 0 unspecified atom stereocenters. The van der Waals surface area contributed by atoms with Gasteiger partial charge in [-0.1, -0.05) is 103 Å². The molecule has 0 saturated heterocycles. The Balaban J connectivity index is 1.17. The van der Waals surface area contributed by atoms with Crippen molar-refractivity contribution in [2.75, 3.05) is 0 Å². The average molecular weight is 617 g/mol. The number of rotatable bonds is 4. The van der Waals surface area contributed by atoms with Crippen molar-refractivity contribution in [3.63, 3.8) is 0 Å². The maximum atomic E-state index is 2.45. The van der Waals surface area contributed by atoms with Crippen LogP contribution in [0.3, 0.4) is 0 Å². The molecule has 10 rings (SSSR count). The highest BCUT2D eigenvalue weighted by Gasteiger charge is 2.18. The van der Waals surface area contributed by atoms with Gasteiger partial charge in [-0.15, -0.1) is 11.3 Å². The Morgan fingerprint density at radius 2 is 0.936 bits per heavy atom. The predicted octanol–water partition coefficient (Wildman–Crippen LogP) is 12.4. The molecule has 3 heterocycles. The fraction of sp³-hybridized carbons (Fsp3) is 0. The highest BCUT2D eigenvalue weighted by molar-refractivity contribution is 7.22. The molecule has 0 spiro atoms. The van der Waals surface area contributed by atoms with Crippen molar-refractivity contribution in [3.8, 4) is 32.9 Å². The smallest absolute Gasteiger partial charge is 0.0548 e. The number of aromatic nitrogens is 2. The third-order valence-corrected chi connectivity index (χ3v) is 10.7. The van der Waals surface area contributed by atoms with E-state index in [1.807, 2.05) is 11.3 Å². The van der Waals surface area contributed by atoms with Crippen molar-refractivity contribution in [1.29, 1.82) is 0 Å². The molecule has 47 heavy (non-hydrogen) atoms. The van der Waals surface area contributed by atoms with E-state index in [0.29, 0.717) is 0 Å². The molecule has 2 nitrogen and oxygen atoms in total. The minimum Gasteiger partial charge on any atom is -0.309 e. The van der Waals surface area contributed by atoms with Crippen LogP contribution in [0.15, 0.2) is 170 Å². The molecular formula is C44H28N2S. The molecule has 0 radical (unpaired) electrons. The van der Waals surface area contributed by atoms with Crippen LogP contribution in [0, 0.1) is 0 Å². The van der Waals surface area contributed by atoms with Crippen LogP contribution in [0.2, 0.25) is 0 Å². The lowest BCUT2D eigenvalue weighted by molar-refractivity contribution is 1.18. The molecule has 3 aromatic heterocycles. The number of benzene rings is 7. The van der Waals surface area contributed by atoms with Crippen LogP contribution in [-0.2, 0) is 0 Å². The van der Waals surface area contributed by atoms with Crippen LogP contribution in [0.25, 0.3) is 86.6 Å². The number of fused-ring (bicyclic) bond motifs is 7. The molecule has 0 aliphatic rings. The molecule has 0 amide bonds. The minimum atomic E-state index is 1.18. The second-order valence-corrected chi connectivity index (χ2v) is 13.3. The fourth-order valence-electron chi connectivity index (χ4n) is 7.41. The zero-order valence-corrected chi connectivity index (χ0v) is 26.3. The largest absolute Gasteiger partial charge is 0.309 e. The van der Waals surface area contributed by atoms with Gasteiger partial charge in [-0.05, 0) is 83.2 Å². The van der Waals surface area contributed by atoms with Gasteiger partial charge in [0.05, 0.1) is 27.8 Å². The maximum Gasteiger partial charge on any atom is 0.0548 e. The molecule has 10 aromatic rings. The summed E-state index contributed by atoms with van der Waals surface area (Å²) >= 11 is 1.86. The first-order chi connectivity index (χ1) is 23.3. The summed E-state index contributed by atoms with van der Waals surface area (Å²) < 4.78 is 6.14. The third-order valence-electron chi connectivity index (χ3n) is 9.53. The Morgan fingerprint density at radius 3 is 1.66 bits per heavy atom. The molecule has 3 heteroatoms. The van der Waals surface area contributed by atoms with Gasteiger partial charge in [0.25, 0.3) is 0 Å². The van der Waals surface area contributed by atoms with Crippen LogP contribution in [0.1, 0.15) is 0 Å². The highest BCUT2D eigenvalue weighted by atomic mass is 32.1. The first kappa shape index (κ1) is 26.3.